The molecule has 0 saturated heterocycles. The lowest BCUT2D eigenvalue weighted by molar-refractivity contribution is -0.00483. The number of hydrogen-bond donors (Lipinski definition) is 3. The van der Waals surface area contributed by atoms with E-state index in [1.807, 2.05) is 0 Å². The average molecular weight is 548 g/mol. The second-order valence-electron chi connectivity index (χ2n) is 11.2. The van der Waals surface area contributed by atoms with Gasteiger partial charge in [0.15, 0.2) is 22.6 Å². The van der Waals surface area contributed by atoms with Gasteiger partial charge in [-0.2, -0.15) is 5.11 Å². The molecule has 3 aliphatic carbocycles. The van der Waals surface area contributed by atoms with E-state index in [9.17, 15) is 19.0 Å². The third-order valence-electron chi connectivity index (χ3n) is 8.79. The lowest BCUT2D eigenvalue weighted by Gasteiger charge is -2.20. The first kappa shape index (κ1) is 26.0. The summed E-state index contributed by atoms with van der Waals surface area (Å²) in [5.74, 6) is -1.07. The molecular formula is C27H32F3N5O2S. The topological polar surface area (TPSA) is 103 Å². The zero-order valence-electron chi connectivity index (χ0n) is 21.3. The predicted molar refractivity (Wildman–Crippen MR) is 137 cm³/mol. The van der Waals surface area contributed by atoms with Crippen LogP contribution < -0.4 is 5.32 Å². The molecule has 3 saturated carbocycles. The number of benzene rings is 1. The van der Waals surface area contributed by atoms with Crippen LogP contribution in [0.15, 0.2) is 33.6 Å². The lowest BCUT2D eigenvalue weighted by atomic mass is 9.91. The highest BCUT2D eigenvalue weighted by Gasteiger charge is 2.73. The van der Waals surface area contributed by atoms with E-state index in [1.165, 1.54) is 6.07 Å². The summed E-state index contributed by atoms with van der Waals surface area (Å²) in [4.78, 5) is 9.48. The molecule has 3 N–H and O–H groups in total. The number of aliphatic hydroxyl groups is 2. The highest BCUT2D eigenvalue weighted by molar-refractivity contribution is 7.99. The summed E-state index contributed by atoms with van der Waals surface area (Å²) in [5, 5.41) is 34.1. The van der Waals surface area contributed by atoms with E-state index >= 15 is 4.39 Å². The second-order valence-corrected chi connectivity index (χ2v) is 12.3. The van der Waals surface area contributed by atoms with Crippen molar-refractivity contribution in [1.29, 1.82) is 0 Å². The third kappa shape index (κ3) is 4.30. The van der Waals surface area contributed by atoms with Crippen molar-refractivity contribution in [3.8, 4) is 0 Å². The van der Waals surface area contributed by atoms with Gasteiger partial charge in [-0.25, -0.2) is 23.1 Å². The monoisotopic (exact) mass is 547 g/mol. The van der Waals surface area contributed by atoms with Gasteiger partial charge in [-0.3, -0.25) is 0 Å². The van der Waals surface area contributed by atoms with Crippen molar-refractivity contribution in [3.63, 3.8) is 0 Å². The van der Waals surface area contributed by atoms with Crippen LogP contribution in [0.4, 0.5) is 24.7 Å². The number of fused-ring (bicyclic) bond motifs is 1. The van der Waals surface area contributed by atoms with Crippen molar-refractivity contribution in [2.45, 2.75) is 87.5 Å². The summed E-state index contributed by atoms with van der Waals surface area (Å²) in [6, 6.07) is 3.71. The van der Waals surface area contributed by atoms with Gasteiger partial charge in [0.05, 0.1) is 23.9 Å². The number of alkyl halides is 1. The number of anilines is 1. The molecule has 9 atom stereocenters. The molecule has 0 bridgehead atoms. The lowest BCUT2D eigenvalue weighted by Crippen LogP contribution is -2.32. The van der Waals surface area contributed by atoms with Gasteiger partial charge in [0.1, 0.15) is 11.9 Å². The fraction of sp³-hybridized carbons (Fsp3) is 0.630. The van der Waals surface area contributed by atoms with E-state index in [2.05, 4.69) is 22.5 Å². The third-order valence-corrected chi connectivity index (χ3v) is 9.85. The highest BCUT2D eigenvalue weighted by atomic mass is 32.2. The molecule has 38 heavy (non-hydrogen) atoms. The fourth-order valence-electron chi connectivity index (χ4n) is 6.42. The summed E-state index contributed by atoms with van der Waals surface area (Å²) in [6.45, 7) is 3.73. The van der Waals surface area contributed by atoms with Crippen LogP contribution in [0.2, 0.25) is 0 Å². The van der Waals surface area contributed by atoms with Crippen LogP contribution in [-0.4, -0.2) is 56.4 Å². The molecule has 1 aromatic carbocycles. The molecule has 2 heterocycles. The molecule has 204 valence electrons. The van der Waals surface area contributed by atoms with Gasteiger partial charge in [0.2, 0.25) is 0 Å². The van der Waals surface area contributed by atoms with Crippen LogP contribution in [0, 0.1) is 28.9 Å². The zero-order chi connectivity index (χ0) is 26.8. The molecule has 1 spiro atoms. The van der Waals surface area contributed by atoms with Crippen LogP contribution >= 0.6 is 11.8 Å². The summed E-state index contributed by atoms with van der Waals surface area (Å²) < 4.78 is 42.3. The Hall–Kier alpha value is -2.24. The molecule has 0 radical (unpaired) electrons. The number of nitrogens with one attached hydrogen (secondary N) is 1. The van der Waals surface area contributed by atoms with E-state index in [0.717, 1.165) is 35.9 Å². The van der Waals surface area contributed by atoms with Gasteiger partial charge >= 0.3 is 0 Å². The minimum absolute atomic E-state index is 0.00672. The maximum Gasteiger partial charge on any atom is 0.189 e. The molecule has 2 aromatic rings. The van der Waals surface area contributed by atoms with Crippen molar-refractivity contribution in [3.05, 3.63) is 41.1 Å². The summed E-state index contributed by atoms with van der Waals surface area (Å²) in [5.41, 5.74) is 1.09. The zero-order valence-corrected chi connectivity index (χ0v) is 22.1. The van der Waals surface area contributed by atoms with Gasteiger partial charge < -0.3 is 15.5 Å². The van der Waals surface area contributed by atoms with Gasteiger partial charge in [0, 0.05) is 29.0 Å². The summed E-state index contributed by atoms with van der Waals surface area (Å²) in [6.07, 6.45) is -0.0645. The smallest absolute Gasteiger partial charge is 0.189 e. The largest absolute Gasteiger partial charge is 0.390 e. The van der Waals surface area contributed by atoms with Crippen molar-refractivity contribution in [2.24, 2.45) is 27.5 Å². The number of nitrogens with zero attached hydrogens (tertiary/aromatic N) is 4. The Bertz CT molecular complexity index is 1250. The number of azo groups is 1. The Kier molecular flexibility index (Phi) is 6.67. The maximum atomic E-state index is 15.2. The first-order valence-electron chi connectivity index (χ1n) is 13.4. The Morgan fingerprint density at radius 1 is 1.18 bits per heavy atom. The molecule has 1 aromatic heterocycles. The maximum absolute atomic E-state index is 15.2. The number of aryl methyl sites for hydroxylation is 1. The molecule has 0 amide bonds. The molecule has 4 aliphatic rings. The van der Waals surface area contributed by atoms with Crippen LogP contribution in [0.5, 0.6) is 0 Å². The van der Waals surface area contributed by atoms with Gasteiger partial charge in [-0.15, -0.1) is 5.11 Å². The summed E-state index contributed by atoms with van der Waals surface area (Å²) >= 11 is 1.56. The number of aromatic nitrogens is 2. The van der Waals surface area contributed by atoms with E-state index in [0.29, 0.717) is 35.9 Å². The first-order valence-corrected chi connectivity index (χ1v) is 14.4. The van der Waals surface area contributed by atoms with Crippen molar-refractivity contribution in [1.82, 2.24) is 9.97 Å². The molecular weight excluding hydrogens is 515 g/mol. The first-order chi connectivity index (χ1) is 18.2. The van der Waals surface area contributed by atoms with Crippen LogP contribution in [-0.2, 0) is 6.42 Å². The minimum atomic E-state index is -1.28. The van der Waals surface area contributed by atoms with Crippen molar-refractivity contribution < 1.29 is 23.4 Å². The van der Waals surface area contributed by atoms with E-state index in [-0.39, 0.29) is 23.9 Å². The molecule has 7 nitrogen and oxygen atoms in total. The Balaban J connectivity index is 1.24. The molecule has 11 heteroatoms. The Morgan fingerprint density at radius 2 is 2.00 bits per heavy atom. The van der Waals surface area contributed by atoms with Crippen molar-refractivity contribution >= 4 is 23.3 Å². The standard InChI is InChI=1S/C27H32F3N5O2S/c1-3-8-38-26-32-19-7-6-18(15-11-27(15)23(30)12(2)22(36)24(27)37)34-35-21(19)25(33-26)31-20-10-14(20)13-4-5-16(28)17(29)9-13/h4-5,9,12,14-15,18,20,22-24,36-37H,3,6-8,10-11H2,1-2H3,(H,31,32,33)/t12-,14+,15-,18?,20-,22-,23-,24-,27+/m1/s1. The quantitative estimate of drug-likeness (QED) is 0.320. The second kappa shape index (κ2) is 9.75. The van der Waals surface area contributed by atoms with E-state index in [1.54, 1.807) is 24.8 Å². The van der Waals surface area contributed by atoms with Crippen LogP contribution in [0.25, 0.3) is 0 Å². The number of aliphatic hydroxyl groups excluding tert-OH is 2. The molecule has 1 aliphatic heterocycles. The Morgan fingerprint density at radius 3 is 2.71 bits per heavy atom. The molecule has 3 fully saturated rings. The van der Waals surface area contributed by atoms with Crippen LogP contribution in [0.1, 0.15) is 56.7 Å². The van der Waals surface area contributed by atoms with Gasteiger partial charge in [-0.1, -0.05) is 31.7 Å². The van der Waals surface area contributed by atoms with Gasteiger partial charge in [-0.05, 0) is 55.7 Å². The van der Waals surface area contributed by atoms with Gasteiger partial charge in [0.25, 0.3) is 0 Å². The summed E-state index contributed by atoms with van der Waals surface area (Å²) in [7, 11) is 0. The SMILES string of the molecule is CCCSc1nc2c(c(N[C@@H]3C[C@H]3c3ccc(F)c(F)c3)n1)N=NC([C@H]1C[C@]13[C@H](O)[C@H](O)[C@@H](C)[C@H]3F)CC2. The predicted octanol–water partition coefficient (Wildman–Crippen LogP) is 5.34. The molecule has 6 rings (SSSR count). The fourth-order valence-corrected chi connectivity index (χ4v) is 7.14. The number of halogens is 3. The van der Waals surface area contributed by atoms with Crippen molar-refractivity contribution in [2.75, 3.05) is 11.1 Å². The molecule has 1 unspecified atom stereocenters. The average Bonchev–Trinajstić information content (AvgIpc) is 3.81. The Labute approximate surface area is 223 Å². The highest BCUT2D eigenvalue weighted by Crippen LogP contribution is 2.67. The van der Waals surface area contributed by atoms with E-state index in [4.69, 9.17) is 9.97 Å². The number of hydrogen-bond acceptors (Lipinski definition) is 8. The minimum Gasteiger partial charge on any atom is -0.390 e. The normalized spacial score (nSPS) is 37.2. The van der Waals surface area contributed by atoms with Crippen LogP contribution in [0.3, 0.4) is 0 Å². The van der Waals surface area contributed by atoms with E-state index < -0.39 is 41.3 Å². The number of rotatable bonds is 7. The number of thioether (sulfide) groups is 1.